The molecule has 0 saturated heterocycles. The molecule has 2 N–H and O–H groups in total. The first kappa shape index (κ1) is 16.0. The number of hydrogen-bond donors (Lipinski definition) is 2. The highest BCUT2D eigenvalue weighted by molar-refractivity contribution is 5.78. The molecule has 0 aromatic carbocycles. The quantitative estimate of drug-likeness (QED) is 0.542. The second kappa shape index (κ2) is 6.64. The summed E-state index contributed by atoms with van der Waals surface area (Å²) in [6, 6.07) is 0. The summed E-state index contributed by atoms with van der Waals surface area (Å²) >= 11 is 0. The van der Waals surface area contributed by atoms with Crippen LogP contribution >= 0.6 is 0 Å². The standard InChI is InChI=1S/C11H17F3O3/c1-2-3-4-5-6-7-8-10(17,9(15)16)11(12,13)14/h6-7,17H,2-5,8H2,1H3,(H,15,16)/b7-6+/t10-/m1/s1. The van der Waals surface area contributed by atoms with E-state index < -0.39 is 24.2 Å². The van der Waals surface area contributed by atoms with Crippen molar-refractivity contribution in [2.45, 2.75) is 50.8 Å². The molecule has 0 unspecified atom stereocenters. The summed E-state index contributed by atoms with van der Waals surface area (Å²) in [7, 11) is 0. The molecular weight excluding hydrogens is 237 g/mol. The molecule has 0 aliphatic carbocycles. The van der Waals surface area contributed by atoms with E-state index in [0.717, 1.165) is 25.3 Å². The molecule has 0 saturated carbocycles. The highest BCUT2D eigenvalue weighted by Crippen LogP contribution is 2.33. The molecule has 0 radical (unpaired) electrons. The Morgan fingerprint density at radius 1 is 1.24 bits per heavy atom. The lowest BCUT2D eigenvalue weighted by molar-refractivity contribution is -0.258. The van der Waals surface area contributed by atoms with E-state index in [0.29, 0.717) is 6.42 Å². The van der Waals surface area contributed by atoms with Crippen molar-refractivity contribution in [2.75, 3.05) is 0 Å². The van der Waals surface area contributed by atoms with Crippen LogP contribution in [-0.2, 0) is 4.79 Å². The van der Waals surface area contributed by atoms with Gasteiger partial charge in [0.05, 0.1) is 0 Å². The van der Waals surface area contributed by atoms with E-state index in [4.69, 9.17) is 10.2 Å². The number of allylic oxidation sites excluding steroid dienone is 1. The summed E-state index contributed by atoms with van der Waals surface area (Å²) in [5.74, 6) is -2.27. The Bertz CT molecular complexity index is 274. The number of hydrogen-bond acceptors (Lipinski definition) is 2. The lowest BCUT2D eigenvalue weighted by Crippen LogP contribution is -2.51. The van der Waals surface area contributed by atoms with Gasteiger partial charge in [0.1, 0.15) is 0 Å². The van der Waals surface area contributed by atoms with E-state index in [1.54, 1.807) is 0 Å². The maximum atomic E-state index is 12.3. The first-order valence-corrected chi connectivity index (χ1v) is 5.43. The smallest absolute Gasteiger partial charge is 0.428 e. The van der Waals surface area contributed by atoms with Gasteiger partial charge in [0.25, 0.3) is 5.60 Å². The van der Waals surface area contributed by atoms with Gasteiger partial charge < -0.3 is 10.2 Å². The number of unbranched alkanes of at least 4 members (excludes halogenated alkanes) is 3. The number of carboxylic acid groups (broad SMARTS) is 1. The van der Waals surface area contributed by atoms with Gasteiger partial charge in [0.2, 0.25) is 0 Å². The highest BCUT2D eigenvalue weighted by Gasteiger charge is 2.59. The second-order valence-corrected chi connectivity index (χ2v) is 3.83. The third-order valence-electron chi connectivity index (χ3n) is 2.38. The number of rotatable bonds is 7. The topological polar surface area (TPSA) is 57.5 Å². The summed E-state index contributed by atoms with van der Waals surface area (Å²) in [5.41, 5.74) is -3.69. The minimum atomic E-state index is -5.17. The number of aliphatic hydroxyl groups is 1. The van der Waals surface area contributed by atoms with Crippen LogP contribution in [0.4, 0.5) is 13.2 Å². The summed E-state index contributed by atoms with van der Waals surface area (Å²) in [6.07, 6.45) is -0.217. The summed E-state index contributed by atoms with van der Waals surface area (Å²) in [6.45, 7) is 2.00. The van der Waals surface area contributed by atoms with Crippen LogP contribution in [0.3, 0.4) is 0 Å². The predicted octanol–water partition coefficient (Wildman–Crippen LogP) is 2.89. The monoisotopic (exact) mass is 254 g/mol. The van der Waals surface area contributed by atoms with E-state index in [-0.39, 0.29) is 0 Å². The molecule has 6 heteroatoms. The zero-order chi connectivity index (χ0) is 13.5. The van der Waals surface area contributed by atoms with Gasteiger partial charge in [-0.05, 0) is 12.8 Å². The zero-order valence-corrected chi connectivity index (χ0v) is 9.63. The van der Waals surface area contributed by atoms with E-state index in [1.165, 1.54) is 6.08 Å². The zero-order valence-electron chi connectivity index (χ0n) is 9.63. The molecule has 0 bridgehead atoms. The molecule has 0 spiro atoms. The fourth-order valence-electron chi connectivity index (χ4n) is 1.21. The van der Waals surface area contributed by atoms with E-state index >= 15 is 0 Å². The van der Waals surface area contributed by atoms with Crippen molar-refractivity contribution in [1.82, 2.24) is 0 Å². The molecule has 0 heterocycles. The molecule has 17 heavy (non-hydrogen) atoms. The Hall–Kier alpha value is -1.04. The van der Waals surface area contributed by atoms with Crippen LogP contribution < -0.4 is 0 Å². The van der Waals surface area contributed by atoms with Gasteiger partial charge in [-0.25, -0.2) is 4.79 Å². The Morgan fingerprint density at radius 2 is 1.82 bits per heavy atom. The Balaban J connectivity index is 4.34. The number of aliphatic carboxylic acids is 1. The van der Waals surface area contributed by atoms with Crippen molar-refractivity contribution in [2.24, 2.45) is 0 Å². The lowest BCUT2D eigenvalue weighted by Gasteiger charge is -2.24. The van der Waals surface area contributed by atoms with Crippen molar-refractivity contribution in [3.63, 3.8) is 0 Å². The molecule has 0 amide bonds. The van der Waals surface area contributed by atoms with Crippen molar-refractivity contribution in [1.29, 1.82) is 0 Å². The van der Waals surface area contributed by atoms with E-state index in [1.807, 2.05) is 6.92 Å². The average molecular weight is 254 g/mol. The minimum absolute atomic E-state index is 0.585. The Morgan fingerprint density at radius 3 is 2.24 bits per heavy atom. The summed E-state index contributed by atoms with van der Waals surface area (Å²) in [4.78, 5) is 10.4. The summed E-state index contributed by atoms with van der Waals surface area (Å²) in [5, 5.41) is 17.5. The highest BCUT2D eigenvalue weighted by atomic mass is 19.4. The average Bonchev–Trinajstić information content (AvgIpc) is 2.20. The largest absolute Gasteiger partial charge is 0.479 e. The first-order chi connectivity index (χ1) is 7.75. The molecule has 0 rings (SSSR count). The summed E-state index contributed by atoms with van der Waals surface area (Å²) < 4.78 is 37.0. The van der Waals surface area contributed by atoms with Gasteiger partial charge >= 0.3 is 12.1 Å². The van der Waals surface area contributed by atoms with Crippen molar-refractivity contribution < 1.29 is 28.2 Å². The van der Waals surface area contributed by atoms with E-state index in [2.05, 4.69) is 0 Å². The Kier molecular flexibility index (Phi) is 6.23. The van der Waals surface area contributed by atoms with Crippen LogP contribution in [0, 0.1) is 0 Å². The Labute approximate surface area is 97.9 Å². The fraction of sp³-hybridized carbons (Fsp3) is 0.727. The fourth-order valence-corrected chi connectivity index (χ4v) is 1.21. The number of carbonyl (C=O) groups is 1. The van der Waals surface area contributed by atoms with Gasteiger partial charge in [-0.1, -0.05) is 31.9 Å². The van der Waals surface area contributed by atoms with Crippen LogP contribution in [0.5, 0.6) is 0 Å². The van der Waals surface area contributed by atoms with Gasteiger partial charge in [0, 0.05) is 6.42 Å². The van der Waals surface area contributed by atoms with Gasteiger partial charge in [-0.2, -0.15) is 13.2 Å². The number of halogens is 3. The number of alkyl halides is 3. The molecule has 0 aromatic rings. The molecule has 0 fully saturated rings. The molecule has 0 aliphatic heterocycles. The molecule has 0 aliphatic rings. The van der Waals surface area contributed by atoms with Crippen LogP contribution in [-0.4, -0.2) is 28.0 Å². The van der Waals surface area contributed by atoms with Crippen LogP contribution in [0.1, 0.15) is 39.0 Å². The third-order valence-corrected chi connectivity index (χ3v) is 2.38. The number of carboxylic acids is 1. The SMILES string of the molecule is CCCCC/C=C/C[C@@](O)(C(=O)O)C(F)(F)F. The molecular formula is C11H17F3O3. The van der Waals surface area contributed by atoms with Crippen LogP contribution in [0.15, 0.2) is 12.2 Å². The molecule has 3 nitrogen and oxygen atoms in total. The minimum Gasteiger partial charge on any atom is -0.479 e. The normalized spacial score (nSPS) is 16.1. The van der Waals surface area contributed by atoms with Gasteiger partial charge in [-0.15, -0.1) is 0 Å². The lowest BCUT2D eigenvalue weighted by atomic mass is 9.98. The van der Waals surface area contributed by atoms with Crippen molar-refractivity contribution in [3.05, 3.63) is 12.2 Å². The van der Waals surface area contributed by atoms with Gasteiger partial charge in [0.15, 0.2) is 0 Å². The van der Waals surface area contributed by atoms with Gasteiger partial charge in [-0.3, -0.25) is 0 Å². The second-order valence-electron chi connectivity index (χ2n) is 3.83. The van der Waals surface area contributed by atoms with E-state index in [9.17, 15) is 18.0 Å². The maximum absolute atomic E-state index is 12.3. The molecule has 0 aromatic heterocycles. The predicted molar refractivity (Wildman–Crippen MR) is 56.5 cm³/mol. The third kappa shape index (κ3) is 4.77. The van der Waals surface area contributed by atoms with Crippen LogP contribution in [0.2, 0.25) is 0 Å². The van der Waals surface area contributed by atoms with Crippen molar-refractivity contribution >= 4 is 5.97 Å². The first-order valence-electron chi connectivity index (χ1n) is 5.43. The van der Waals surface area contributed by atoms with Crippen molar-refractivity contribution in [3.8, 4) is 0 Å². The van der Waals surface area contributed by atoms with Crippen LogP contribution in [0.25, 0.3) is 0 Å². The molecule has 1 atom stereocenters. The molecule has 100 valence electrons. The maximum Gasteiger partial charge on any atom is 0.428 e.